The molecule has 0 aliphatic heterocycles. The molecule has 8 nitrogen and oxygen atoms in total. The number of hydrogen-bond donors (Lipinski definition) is 2. The SMILES string of the molecule is COc1cc(/C=N/NC(=O)c2ccc(NC(=O)COc3cccc(C)c3)cc2)ccc1OCc1ccc(F)cc1Cl. The van der Waals surface area contributed by atoms with Crippen LogP contribution >= 0.6 is 11.6 Å². The number of methoxy groups -OCH3 is 1. The van der Waals surface area contributed by atoms with E-state index in [0.29, 0.717) is 39.6 Å². The van der Waals surface area contributed by atoms with Gasteiger partial charge in [-0.1, -0.05) is 29.8 Å². The number of hydrogen-bond acceptors (Lipinski definition) is 6. The minimum absolute atomic E-state index is 0.128. The molecule has 0 saturated carbocycles. The van der Waals surface area contributed by atoms with Crippen molar-refractivity contribution in [2.75, 3.05) is 19.0 Å². The summed E-state index contributed by atoms with van der Waals surface area (Å²) in [6.07, 6.45) is 1.46. The van der Waals surface area contributed by atoms with E-state index in [0.717, 1.165) is 5.56 Å². The lowest BCUT2D eigenvalue weighted by Crippen LogP contribution is -2.20. The first kappa shape index (κ1) is 29.1. The van der Waals surface area contributed by atoms with Crippen LogP contribution in [0.3, 0.4) is 0 Å². The van der Waals surface area contributed by atoms with Gasteiger partial charge in [0.05, 0.1) is 18.3 Å². The number of nitrogens with one attached hydrogen (secondary N) is 2. The fraction of sp³-hybridized carbons (Fsp3) is 0.129. The Kier molecular flexibility index (Phi) is 9.90. The van der Waals surface area contributed by atoms with Gasteiger partial charge < -0.3 is 19.5 Å². The van der Waals surface area contributed by atoms with Crippen molar-refractivity contribution in [3.63, 3.8) is 0 Å². The second-order valence-corrected chi connectivity index (χ2v) is 9.27. The summed E-state index contributed by atoms with van der Waals surface area (Å²) >= 11 is 6.06. The summed E-state index contributed by atoms with van der Waals surface area (Å²) in [5.41, 5.74) is 5.67. The fourth-order valence-corrected chi connectivity index (χ4v) is 3.89. The average molecular weight is 576 g/mol. The van der Waals surface area contributed by atoms with Crippen LogP contribution in [0.2, 0.25) is 5.02 Å². The highest BCUT2D eigenvalue weighted by atomic mass is 35.5. The molecular formula is C31H27ClFN3O5. The zero-order chi connectivity index (χ0) is 29.2. The number of hydrazone groups is 1. The standard InChI is InChI=1S/C31H27ClFN3O5/c1-20-4-3-5-26(14-20)40-19-30(37)35-25-11-8-22(9-12-25)31(38)36-34-17-21-6-13-28(29(15-21)39-2)41-18-23-7-10-24(33)16-27(23)32/h3-17H,18-19H2,1-2H3,(H,35,37)(H,36,38)/b34-17+. The fourth-order valence-electron chi connectivity index (χ4n) is 3.66. The van der Waals surface area contributed by atoms with Gasteiger partial charge in [-0.25, -0.2) is 9.82 Å². The predicted molar refractivity (Wildman–Crippen MR) is 156 cm³/mol. The van der Waals surface area contributed by atoms with Gasteiger partial charge in [-0.2, -0.15) is 5.10 Å². The van der Waals surface area contributed by atoms with Crippen molar-refractivity contribution >= 4 is 35.3 Å². The summed E-state index contributed by atoms with van der Waals surface area (Å²) in [6.45, 7) is 1.93. The van der Waals surface area contributed by atoms with Crippen LogP contribution in [-0.4, -0.2) is 31.7 Å². The van der Waals surface area contributed by atoms with Crippen LogP contribution in [-0.2, 0) is 11.4 Å². The highest BCUT2D eigenvalue weighted by Gasteiger charge is 2.10. The Labute approximate surface area is 241 Å². The first-order chi connectivity index (χ1) is 19.8. The van der Waals surface area contributed by atoms with E-state index in [-0.39, 0.29) is 24.1 Å². The molecule has 0 radical (unpaired) electrons. The van der Waals surface area contributed by atoms with Gasteiger partial charge in [-0.3, -0.25) is 9.59 Å². The number of halogens is 2. The summed E-state index contributed by atoms with van der Waals surface area (Å²) in [5.74, 6) is 0.351. The van der Waals surface area contributed by atoms with E-state index in [1.807, 2.05) is 25.1 Å². The van der Waals surface area contributed by atoms with Gasteiger partial charge >= 0.3 is 0 Å². The molecule has 2 amide bonds. The molecule has 10 heteroatoms. The molecule has 0 aliphatic carbocycles. The quantitative estimate of drug-likeness (QED) is 0.165. The van der Waals surface area contributed by atoms with E-state index >= 15 is 0 Å². The number of rotatable bonds is 11. The Hall–Kier alpha value is -4.89. The van der Waals surface area contributed by atoms with Gasteiger partial charge in [0.1, 0.15) is 18.2 Å². The monoisotopic (exact) mass is 575 g/mol. The highest BCUT2D eigenvalue weighted by Crippen LogP contribution is 2.29. The van der Waals surface area contributed by atoms with Crippen LogP contribution in [0.15, 0.2) is 90.0 Å². The van der Waals surface area contributed by atoms with E-state index in [2.05, 4.69) is 15.8 Å². The summed E-state index contributed by atoms with van der Waals surface area (Å²) in [7, 11) is 1.50. The van der Waals surface area contributed by atoms with Crippen LogP contribution in [0, 0.1) is 12.7 Å². The van der Waals surface area contributed by atoms with Crippen molar-refractivity contribution in [2.24, 2.45) is 5.10 Å². The normalized spacial score (nSPS) is 10.7. The summed E-state index contributed by atoms with van der Waals surface area (Å²) in [4.78, 5) is 24.7. The Morgan fingerprint density at radius 2 is 1.76 bits per heavy atom. The Morgan fingerprint density at radius 1 is 0.951 bits per heavy atom. The lowest BCUT2D eigenvalue weighted by Gasteiger charge is -2.12. The van der Waals surface area contributed by atoms with Gasteiger partial charge in [-0.05, 0) is 84.8 Å². The summed E-state index contributed by atoms with van der Waals surface area (Å²) < 4.78 is 29.9. The van der Waals surface area contributed by atoms with Crippen molar-refractivity contribution in [1.82, 2.24) is 5.43 Å². The molecule has 4 aromatic rings. The maximum Gasteiger partial charge on any atom is 0.271 e. The number of amides is 2. The molecule has 0 fully saturated rings. The third-order valence-electron chi connectivity index (χ3n) is 5.76. The number of anilines is 1. The molecule has 0 unspecified atom stereocenters. The number of carbonyl (C=O) groups excluding carboxylic acids is 2. The van der Waals surface area contributed by atoms with Gasteiger partial charge in [0.25, 0.3) is 11.8 Å². The van der Waals surface area contributed by atoms with E-state index in [1.165, 1.54) is 25.5 Å². The smallest absolute Gasteiger partial charge is 0.271 e. The zero-order valence-corrected chi connectivity index (χ0v) is 23.1. The van der Waals surface area contributed by atoms with E-state index < -0.39 is 11.7 Å². The lowest BCUT2D eigenvalue weighted by molar-refractivity contribution is -0.118. The zero-order valence-electron chi connectivity index (χ0n) is 22.3. The van der Waals surface area contributed by atoms with E-state index in [4.69, 9.17) is 25.8 Å². The average Bonchev–Trinajstić information content (AvgIpc) is 2.96. The summed E-state index contributed by atoms with van der Waals surface area (Å²) in [6, 6.07) is 23.0. The second kappa shape index (κ2) is 14.0. The first-order valence-corrected chi connectivity index (χ1v) is 12.9. The molecule has 0 aromatic heterocycles. The van der Waals surface area contributed by atoms with Crippen LogP contribution in [0.1, 0.15) is 27.0 Å². The largest absolute Gasteiger partial charge is 0.493 e. The van der Waals surface area contributed by atoms with Gasteiger partial charge in [0.15, 0.2) is 18.1 Å². The molecule has 41 heavy (non-hydrogen) atoms. The van der Waals surface area contributed by atoms with Crippen molar-refractivity contribution in [2.45, 2.75) is 13.5 Å². The number of aryl methyl sites for hydroxylation is 1. The summed E-state index contributed by atoms with van der Waals surface area (Å²) in [5, 5.41) is 7.00. The van der Waals surface area contributed by atoms with Gasteiger partial charge in [0, 0.05) is 16.8 Å². The Morgan fingerprint density at radius 3 is 2.49 bits per heavy atom. The highest BCUT2D eigenvalue weighted by molar-refractivity contribution is 6.31. The minimum atomic E-state index is -0.426. The maximum absolute atomic E-state index is 13.3. The molecule has 0 atom stereocenters. The third-order valence-corrected chi connectivity index (χ3v) is 6.11. The number of benzene rings is 4. The van der Waals surface area contributed by atoms with Crippen LogP contribution in [0.4, 0.5) is 10.1 Å². The first-order valence-electron chi connectivity index (χ1n) is 12.5. The van der Waals surface area contributed by atoms with E-state index in [1.54, 1.807) is 54.6 Å². The molecular weight excluding hydrogens is 549 g/mol. The third kappa shape index (κ3) is 8.55. The molecule has 0 spiro atoms. The molecule has 0 heterocycles. The van der Waals surface area contributed by atoms with E-state index in [9.17, 15) is 14.0 Å². The Balaban J connectivity index is 1.27. The predicted octanol–water partition coefficient (Wildman–Crippen LogP) is 6.16. The van der Waals surface area contributed by atoms with Crippen molar-refractivity contribution < 1.29 is 28.2 Å². The van der Waals surface area contributed by atoms with Crippen molar-refractivity contribution in [3.05, 3.63) is 118 Å². The molecule has 2 N–H and O–H groups in total. The molecule has 4 rings (SSSR count). The number of carbonyl (C=O) groups is 2. The van der Waals surface area contributed by atoms with Crippen LogP contribution < -0.4 is 25.0 Å². The molecule has 0 bridgehead atoms. The maximum atomic E-state index is 13.3. The topological polar surface area (TPSA) is 98.2 Å². The number of nitrogens with zero attached hydrogens (tertiary/aromatic N) is 1. The van der Waals surface area contributed by atoms with Gasteiger partial charge in [0.2, 0.25) is 0 Å². The molecule has 0 saturated heterocycles. The van der Waals surface area contributed by atoms with Crippen molar-refractivity contribution in [3.8, 4) is 17.2 Å². The second-order valence-electron chi connectivity index (χ2n) is 8.86. The van der Waals surface area contributed by atoms with Crippen molar-refractivity contribution in [1.29, 1.82) is 0 Å². The minimum Gasteiger partial charge on any atom is -0.493 e. The molecule has 0 aliphatic rings. The van der Waals surface area contributed by atoms with Crippen LogP contribution in [0.5, 0.6) is 17.2 Å². The van der Waals surface area contributed by atoms with Crippen LogP contribution in [0.25, 0.3) is 0 Å². The Bertz CT molecular complexity index is 1560. The number of ether oxygens (including phenoxy) is 3. The van der Waals surface area contributed by atoms with Gasteiger partial charge in [-0.15, -0.1) is 0 Å². The molecule has 210 valence electrons. The molecule has 4 aromatic carbocycles. The lowest BCUT2D eigenvalue weighted by atomic mass is 10.2.